The van der Waals surface area contributed by atoms with Crippen molar-refractivity contribution in [2.45, 2.75) is 44.1 Å². The molecule has 0 atom stereocenters. The third kappa shape index (κ3) is 4.55. The lowest BCUT2D eigenvalue weighted by atomic mass is 9.77. The van der Waals surface area contributed by atoms with E-state index in [2.05, 4.69) is 27.4 Å². The van der Waals surface area contributed by atoms with E-state index in [-0.39, 0.29) is 0 Å². The molecule has 4 aromatic rings. The molecule has 1 saturated carbocycles. The summed E-state index contributed by atoms with van der Waals surface area (Å²) in [5, 5.41) is 14.5. The van der Waals surface area contributed by atoms with E-state index < -0.39 is 5.60 Å². The molecule has 0 unspecified atom stereocenters. The fourth-order valence-electron chi connectivity index (χ4n) is 4.12. The maximum absolute atomic E-state index is 10.3. The number of aromatic nitrogens is 2. The SMILES string of the molecule is C[C@]1(O)CC[C@H](c2cccnc2Oc2ccc(Nc3nc4ccccc4s3)cc2)CC1. The Morgan fingerprint density at radius 2 is 1.81 bits per heavy atom. The number of aliphatic hydroxyl groups is 1. The van der Waals surface area contributed by atoms with Gasteiger partial charge in [0.25, 0.3) is 0 Å². The van der Waals surface area contributed by atoms with Crippen molar-refractivity contribution in [2.24, 2.45) is 0 Å². The Bertz CT molecular complexity index is 1140. The standard InChI is InChI=1S/C25H25N3O2S/c1-25(29)14-12-17(13-15-25)20-5-4-16-26-23(20)30-19-10-8-18(9-11-19)27-24-28-21-6-2-3-7-22(21)31-24/h2-11,16-17,29H,12-15H2,1H3,(H,27,28)/t17-,25-. The molecule has 0 bridgehead atoms. The van der Waals surface area contributed by atoms with Crippen molar-refractivity contribution in [3.8, 4) is 11.6 Å². The molecule has 1 fully saturated rings. The fraction of sp³-hybridized carbons (Fsp3) is 0.280. The molecule has 5 nitrogen and oxygen atoms in total. The summed E-state index contributed by atoms with van der Waals surface area (Å²) in [5.74, 6) is 1.77. The van der Waals surface area contributed by atoms with Crippen LogP contribution in [0.3, 0.4) is 0 Å². The molecule has 2 heterocycles. The Hall–Kier alpha value is -2.96. The highest BCUT2D eigenvalue weighted by atomic mass is 32.1. The quantitative estimate of drug-likeness (QED) is 0.371. The summed E-state index contributed by atoms with van der Waals surface area (Å²) in [5.41, 5.74) is 2.53. The van der Waals surface area contributed by atoms with Crippen LogP contribution in [0.5, 0.6) is 11.6 Å². The van der Waals surface area contributed by atoms with E-state index in [1.807, 2.05) is 55.5 Å². The van der Waals surface area contributed by atoms with Gasteiger partial charge in [0.2, 0.25) is 5.88 Å². The van der Waals surface area contributed by atoms with Crippen molar-refractivity contribution in [1.82, 2.24) is 9.97 Å². The van der Waals surface area contributed by atoms with Crippen molar-refractivity contribution in [3.05, 3.63) is 72.4 Å². The minimum absolute atomic E-state index is 0.365. The number of nitrogens with one attached hydrogen (secondary N) is 1. The average molecular weight is 432 g/mol. The minimum Gasteiger partial charge on any atom is -0.439 e. The van der Waals surface area contributed by atoms with E-state index in [0.29, 0.717) is 11.8 Å². The van der Waals surface area contributed by atoms with Gasteiger partial charge in [0.05, 0.1) is 15.8 Å². The van der Waals surface area contributed by atoms with Crippen LogP contribution in [0.25, 0.3) is 10.2 Å². The summed E-state index contributed by atoms with van der Waals surface area (Å²) in [6, 6.07) is 20.0. The molecule has 0 aliphatic heterocycles. The topological polar surface area (TPSA) is 67.3 Å². The van der Waals surface area contributed by atoms with Crippen LogP contribution in [0.4, 0.5) is 10.8 Å². The van der Waals surface area contributed by atoms with Gasteiger partial charge in [-0.1, -0.05) is 29.5 Å². The van der Waals surface area contributed by atoms with Gasteiger partial charge in [-0.3, -0.25) is 0 Å². The number of para-hydroxylation sites is 1. The van der Waals surface area contributed by atoms with Crippen LogP contribution in [0.15, 0.2) is 66.9 Å². The summed E-state index contributed by atoms with van der Waals surface area (Å²) < 4.78 is 7.32. The Labute approximate surface area is 185 Å². The second-order valence-electron chi connectivity index (χ2n) is 8.41. The molecule has 158 valence electrons. The first-order valence-corrected chi connectivity index (χ1v) is 11.5. The number of benzene rings is 2. The molecule has 5 rings (SSSR count). The van der Waals surface area contributed by atoms with E-state index in [9.17, 15) is 5.11 Å². The van der Waals surface area contributed by atoms with Gasteiger partial charge in [-0.2, -0.15) is 0 Å². The first kappa shape index (κ1) is 20.0. The molecule has 6 heteroatoms. The third-order valence-electron chi connectivity index (χ3n) is 5.92. The number of thiazole rings is 1. The zero-order valence-electron chi connectivity index (χ0n) is 17.4. The van der Waals surface area contributed by atoms with Crippen LogP contribution in [0, 0.1) is 0 Å². The second-order valence-corrected chi connectivity index (χ2v) is 9.44. The van der Waals surface area contributed by atoms with Crippen molar-refractivity contribution < 1.29 is 9.84 Å². The molecule has 1 aliphatic carbocycles. The summed E-state index contributed by atoms with van der Waals surface area (Å²) in [6.07, 6.45) is 5.26. The van der Waals surface area contributed by atoms with Crippen LogP contribution in [0.1, 0.15) is 44.1 Å². The number of pyridine rings is 1. The number of rotatable bonds is 5. The summed E-state index contributed by atoms with van der Waals surface area (Å²) in [7, 11) is 0. The largest absolute Gasteiger partial charge is 0.439 e. The lowest BCUT2D eigenvalue weighted by Gasteiger charge is -2.33. The van der Waals surface area contributed by atoms with E-state index in [1.165, 1.54) is 0 Å². The van der Waals surface area contributed by atoms with Crippen LogP contribution < -0.4 is 10.1 Å². The molecular formula is C25H25N3O2S. The van der Waals surface area contributed by atoms with Crippen molar-refractivity contribution in [1.29, 1.82) is 0 Å². The Balaban J connectivity index is 1.29. The van der Waals surface area contributed by atoms with Crippen molar-refractivity contribution in [2.75, 3.05) is 5.32 Å². The van der Waals surface area contributed by atoms with Gasteiger partial charge in [-0.05, 0) is 81.0 Å². The molecule has 0 radical (unpaired) electrons. The number of anilines is 2. The zero-order chi connectivity index (χ0) is 21.3. The van der Waals surface area contributed by atoms with Gasteiger partial charge in [-0.25, -0.2) is 9.97 Å². The lowest BCUT2D eigenvalue weighted by Crippen LogP contribution is -2.29. The average Bonchev–Trinajstić information content (AvgIpc) is 3.18. The van der Waals surface area contributed by atoms with Gasteiger partial charge in [-0.15, -0.1) is 0 Å². The lowest BCUT2D eigenvalue weighted by molar-refractivity contribution is 0.0169. The normalized spacial score (nSPS) is 21.2. The molecule has 31 heavy (non-hydrogen) atoms. The highest BCUT2D eigenvalue weighted by molar-refractivity contribution is 7.22. The monoisotopic (exact) mass is 431 g/mol. The molecule has 2 aromatic heterocycles. The van der Waals surface area contributed by atoms with Crippen LogP contribution in [0.2, 0.25) is 0 Å². The predicted molar refractivity (Wildman–Crippen MR) is 125 cm³/mol. The minimum atomic E-state index is -0.550. The third-order valence-corrected chi connectivity index (χ3v) is 6.87. The Morgan fingerprint density at radius 3 is 2.58 bits per heavy atom. The van der Waals surface area contributed by atoms with Crippen molar-refractivity contribution in [3.63, 3.8) is 0 Å². The molecule has 2 N–H and O–H groups in total. The first-order valence-electron chi connectivity index (χ1n) is 10.6. The highest BCUT2D eigenvalue weighted by Crippen LogP contribution is 2.41. The number of hydrogen-bond acceptors (Lipinski definition) is 6. The summed E-state index contributed by atoms with van der Waals surface area (Å²) in [4.78, 5) is 9.11. The molecule has 1 aliphatic rings. The molecule has 2 aromatic carbocycles. The first-order chi connectivity index (χ1) is 15.1. The van der Waals surface area contributed by atoms with Crippen LogP contribution in [-0.4, -0.2) is 20.7 Å². The van der Waals surface area contributed by atoms with E-state index in [1.54, 1.807) is 17.5 Å². The van der Waals surface area contributed by atoms with E-state index >= 15 is 0 Å². The van der Waals surface area contributed by atoms with Gasteiger partial charge in [0.1, 0.15) is 5.75 Å². The van der Waals surface area contributed by atoms with Gasteiger partial charge < -0.3 is 15.2 Å². The maximum atomic E-state index is 10.3. The Morgan fingerprint density at radius 1 is 1.03 bits per heavy atom. The highest BCUT2D eigenvalue weighted by Gasteiger charge is 2.31. The number of nitrogens with zero attached hydrogens (tertiary/aromatic N) is 2. The molecule has 0 spiro atoms. The maximum Gasteiger partial charge on any atom is 0.222 e. The van der Waals surface area contributed by atoms with Crippen LogP contribution >= 0.6 is 11.3 Å². The predicted octanol–water partition coefficient (Wildman–Crippen LogP) is 6.64. The molecule has 0 amide bonds. The fourth-order valence-corrected chi connectivity index (χ4v) is 5.00. The van der Waals surface area contributed by atoms with E-state index in [0.717, 1.165) is 58.0 Å². The van der Waals surface area contributed by atoms with Gasteiger partial charge >= 0.3 is 0 Å². The van der Waals surface area contributed by atoms with E-state index in [4.69, 9.17) is 4.74 Å². The number of fused-ring (bicyclic) bond motifs is 1. The van der Waals surface area contributed by atoms with Crippen LogP contribution in [-0.2, 0) is 0 Å². The smallest absolute Gasteiger partial charge is 0.222 e. The molecule has 0 saturated heterocycles. The zero-order valence-corrected chi connectivity index (χ0v) is 18.2. The summed E-state index contributed by atoms with van der Waals surface area (Å²) >= 11 is 1.64. The number of hydrogen-bond donors (Lipinski definition) is 2. The van der Waals surface area contributed by atoms with Crippen molar-refractivity contribution >= 4 is 32.4 Å². The summed E-state index contributed by atoms with van der Waals surface area (Å²) in [6.45, 7) is 1.92. The molecular weight excluding hydrogens is 406 g/mol. The van der Waals surface area contributed by atoms with Gasteiger partial charge in [0, 0.05) is 17.4 Å². The van der Waals surface area contributed by atoms with Gasteiger partial charge in [0.15, 0.2) is 5.13 Å². The Kier molecular flexibility index (Phi) is 5.34. The second kappa shape index (κ2) is 8.29. The number of ether oxygens (including phenoxy) is 1.